The number of piperazine rings is 1. The Balaban J connectivity index is 1.55. The minimum Gasteiger partial charge on any atom is -0.282 e. The number of amides is 2. The van der Waals surface area contributed by atoms with Gasteiger partial charge < -0.3 is 0 Å². The maximum atomic E-state index is 12.5. The molecule has 3 fully saturated rings. The van der Waals surface area contributed by atoms with Gasteiger partial charge in [-0.3, -0.25) is 14.5 Å². The molecule has 25 heavy (non-hydrogen) atoms. The van der Waals surface area contributed by atoms with Gasteiger partial charge >= 0.3 is 0 Å². The van der Waals surface area contributed by atoms with Crippen LogP contribution in [-0.2, 0) is 29.6 Å². The Hall–Kier alpha value is -1.04. The fraction of sp³-hybridized carbons (Fsp3) is 0.857. The fourth-order valence-corrected chi connectivity index (χ4v) is 6.38. The average molecular weight is 393 g/mol. The van der Waals surface area contributed by atoms with Gasteiger partial charge in [-0.1, -0.05) is 0 Å². The van der Waals surface area contributed by atoms with E-state index in [0.29, 0.717) is 19.3 Å². The lowest BCUT2D eigenvalue weighted by Gasteiger charge is -2.34. The number of carbonyl (C=O) groups excluding carboxylic acids is 2. The molecule has 11 heteroatoms. The number of hydrogen-bond acceptors (Lipinski definition) is 6. The number of hydrogen-bond donors (Lipinski definition) is 0. The van der Waals surface area contributed by atoms with Crippen molar-refractivity contribution in [3.8, 4) is 0 Å². The Labute approximate surface area is 148 Å². The second-order valence-corrected chi connectivity index (χ2v) is 11.0. The van der Waals surface area contributed by atoms with Gasteiger partial charge in [0, 0.05) is 45.6 Å². The highest BCUT2D eigenvalue weighted by molar-refractivity contribution is 7.90. The predicted molar refractivity (Wildman–Crippen MR) is 89.4 cm³/mol. The molecule has 2 amide bonds. The van der Waals surface area contributed by atoms with Crippen LogP contribution in [0.5, 0.6) is 0 Å². The molecule has 0 bridgehead atoms. The minimum atomic E-state index is -3.64. The monoisotopic (exact) mass is 393 g/mol. The van der Waals surface area contributed by atoms with E-state index in [-0.39, 0.29) is 68.4 Å². The van der Waals surface area contributed by atoms with Gasteiger partial charge in [0.05, 0.1) is 11.0 Å². The SMILES string of the molecule is O=C1CCCC(=O)N1CCS(=O)(=O)N1CCN(S(=O)(=O)C2CC2)CC1. The zero-order chi connectivity index (χ0) is 18.2. The second-order valence-electron chi connectivity index (χ2n) is 6.65. The van der Waals surface area contributed by atoms with Crippen LogP contribution in [0.3, 0.4) is 0 Å². The Morgan fingerprint density at radius 3 is 1.88 bits per heavy atom. The van der Waals surface area contributed by atoms with E-state index in [4.69, 9.17) is 0 Å². The number of likely N-dealkylation sites (tertiary alicyclic amines) is 1. The van der Waals surface area contributed by atoms with E-state index in [2.05, 4.69) is 0 Å². The van der Waals surface area contributed by atoms with Crippen molar-refractivity contribution >= 4 is 31.9 Å². The molecular weight excluding hydrogens is 370 g/mol. The van der Waals surface area contributed by atoms with Gasteiger partial charge in [-0.2, -0.15) is 8.61 Å². The van der Waals surface area contributed by atoms with Crippen LogP contribution in [0, 0.1) is 0 Å². The van der Waals surface area contributed by atoms with Crippen molar-refractivity contribution < 1.29 is 26.4 Å². The van der Waals surface area contributed by atoms with Gasteiger partial charge in [0.2, 0.25) is 31.9 Å². The molecule has 2 heterocycles. The number of piperidine rings is 1. The summed E-state index contributed by atoms with van der Waals surface area (Å²) in [5, 5.41) is -0.299. The topological polar surface area (TPSA) is 112 Å². The lowest BCUT2D eigenvalue weighted by atomic mass is 10.1. The van der Waals surface area contributed by atoms with Gasteiger partial charge in [0.25, 0.3) is 0 Å². The van der Waals surface area contributed by atoms with Crippen molar-refractivity contribution in [2.75, 3.05) is 38.5 Å². The third-order valence-corrected chi connectivity index (χ3v) is 9.10. The van der Waals surface area contributed by atoms with Crippen molar-refractivity contribution in [3.05, 3.63) is 0 Å². The molecule has 0 spiro atoms. The molecule has 2 saturated heterocycles. The van der Waals surface area contributed by atoms with Crippen molar-refractivity contribution in [2.45, 2.75) is 37.4 Å². The molecule has 0 aromatic rings. The number of rotatable bonds is 6. The fourth-order valence-electron chi connectivity index (χ4n) is 3.16. The third-order valence-electron chi connectivity index (χ3n) is 4.85. The smallest absolute Gasteiger partial charge is 0.229 e. The van der Waals surface area contributed by atoms with Crippen LogP contribution in [0.15, 0.2) is 0 Å². The largest absolute Gasteiger partial charge is 0.282 e. The number of carbonyl (C=O) groups is 2. The highest BCUT2D eigenvalue weighted by atomic mass is 32.2. The quantitative estimate of drug-likeness (QED) is 0.533. The third kappa shape index (κ3) is 4.04. The first-order valence-corrected chi connectivity index (χ1v) is 11.6. The molecule has 3 aliphatic rings. The van der Waals surface area contributed by atoms with Gasteiger partial charge in [0.15, 0.2) is 0 Å². The van der Waals surface area contributed by atoms with Gasteiger partial charge in [0.1, 0.15) is 0 Å². The highest BCUT2D eigenvalue weighted by Gasteiger charge is 2.42. The average Bonchev–Trinajstić information content (AvgIpc) is 3.40. The Morgan fingerprint density at radius 1 is 0.840 bits per heavy atom. The van der Waals surface area contributed by atoms with E-state index in [1.54, 1.807) is 0 Å². The summed E-state index contributed by atoms with van der Waals surface area (Å²) in [6.45, 7) is 0.381. The molecular formula is C14H23N3O6S2. The molecule has 9 nitrogen and oxygen atoms in total. The van der Waals surface area contributed by atoms with Crippen LogP contribution in [-0.4, -0.2) is 85.9 Å². The Bertz CT molecular complexity index is 735. The van der Waals surface area contributed by atoms with Gasteiger partial charge in [-0.05, 0) is 19.3 Å². The summed E-state index contributed by atoms with van der Waals surface area (Å²) in [6.07, 6.45) is 2.41. The molecule has 0 radical (unpaired) electrons. The Kier molecular flexibility index (Phi) is 5.20. The second kappa shape index (κ2) is 6.93. The predicted octanol–water partition coefficient (Wildman–Crippen LogP) is -1.03. The van der Waals surface area contributed by atoms with Crippen molar-refractivity contribution in [2.24, 2.45) is 0 Å². The molecule has 0 aromatic carbocycles. The van der Waals surface area contributed by atoms with Crippen LogP contribution in [0.25, 0.3) is 0 Å². The van der Waals surface area contributed by atoms with Crippen LogP contribution in [0.2, 0.25) is 0 Å². The molecule has 1 aliphatic carbocycles. The van der Waals surface area contributed by atoms with E-state index >= 15 is 0 Å². The van der Waals surface area contributed by atoms with Crippen LogP contribution in [0.1, 0.15) is 32.1 Å². The highest BCUT2D eigenvalue weighted by Crippen LogP contribution is 2.31. The maximum absolute atomic E-state index is 12.5. The van der Waals surface area contributed by atoms with E-state index in [9.17, 15) is 26.4 Å². The summed E-state index contributed by atoms with van der Waals surface area (Å²) in [6, 6.07) is 0. The lowest BCUT2D eigenvalue weighted by Crippen LogP contribution is -2.52. The first-order valence-electron chi connectivity index (χ1n) is 8.52. The summed E-state index contributed by atoms with van der Waals surface area (Å²) in [4.78, 5) is 24.5. The molecule has 0 N–H and O–H groups in total. The van der Waals surface area contributed by atoms with Crippen LogP contribution < -0.4 is 0 Å². The summed E-state index contributed by atoms with van der Waals surface area (Å²) in [5.41, 5.74) is 0. The van der Waals surface area contributed by atoms with E-state index in [1.807, 2.05) is 0 Å². The number of nitrogens with zero attached hydrogens (tertiary/aromatic N) is 3. The number of imide groups is 1. The molecule has 1 saturated carbocycles. The van der Waals surface area contributed by atoms with Crippen LogP contribution >= 0.6 is 0 Å². The molecule has 3 rings (SSSR count). The molecule has 0 atom stereocenters. The van der Waals surface area contributed by atoms with Crippen molar-refractivity contribution in [1.29, 1.82) is 0 Å². The molecule has 2 aliphatic heterocycles. The van der Waals surface area contributed by atoms with Crippen LogP contribution in [0.4, 0.5) is 0 Å². The summed E-state index contributed by atoms with van der Waals surface area (Å²) in [5.74, 6) is -0.974. The zero-order valence-corrected chi connectivity index (χ0v) is 15.6. The summed E-state index contributed by atoms with van der Waals surface area (Å²) >= 11 is 0. The minimum absolute atomic E-state index is 0.107. The van der Waals surface area contributed by atoms with Crippen molar-refractivity contribution in [1.82, 2.24) is 13.5 Å². The summed E-state index contributed by atoms with van der Waals surface area (Å²) in [7, 11) is -6.92. The Morgan fingerprint density at radius 2 is 1.36 bits per heavy atom. The lowest BCUT2D eigenvalue weighted by molar-refractivity contribution is -0.147. The molecule has 0 aromatic heterocycles. The number of sulfonamides is 2. The normalized spacial score (nSPS) is 24.7. The summed E-state index contributed by atoms with van der Waals surface area (Å²) < 4.78 is 51.9. The molecule has 142 valence electrons. The van der Waals surface area contributed by atoms with Gasteiger partial charge in [-0.25, -0.2) is 16.8 Å². The standard InChI is InChI=1S/C14H23N3O6S2/c18-13-2-1-3-14(19)17(13)10-11-24(20,21)15-6-8-16(9-7-15)25(22,23)12-4-5-12/h12H,1-11H2. The molecule has 0 unspecified atom stereocenters. The van der Waals surface area contributed by atoms with Gasteiger partial charge in [-0.15, -0.1) is 0 Å². The zero-order valence-electron chi connectivity index (χ0n) is 14.0. The maximum Gasteiger partial charge on any atom is 0.229 e. The first kappa shape index (κ1) is 18.7. The first-order chi connectivity index (χ1) is 11.7. The van der Waals surface area contributed by atoms with E-state index in [1.165, 1.54) is 8.61 Å². The van der Waals surface area contributed by atoms with Crippen molar-refractivity contribution in [3.63, 3.8) is 0 Å². The van der Waals surface area contributed by atoms with E-state index < -0.39 is 20.0 Å². The van der Waals surface area contributed by atoms with E-state index in [0.717, 1.165) is 4.90 Å².